The summed E-state index contributed by atoms with van der Waals surface area (Å²) in [5, 5.41) is 2.86. The quantitative estimate of drug-likeness (QED) is 0.527. The number of benzene rings is 2. The summed E-state index contributed by atoms with van der Waals surface area (Å²) < 4.78 is 5.23. The molecule has 0 aliphatic carbocycles. The third-order valence-corrected chi connectivity index (χ3v) is 7.52. The van der Waals surface area contributed by atoms with Gasteiger partial charge in [0.1, 0.15) is 5.54 Å². The Morgan fingerprint density at radius 3 is 2.26 bits per heavy atom. The molecule has 0 unspecified atom stereocenters. The molecule has 3 amide bonds. The van der Waals surface area contributed by atoms with E-state index in [4.69, 9.17) is 4.74 Å². The highest BCUT2D eigenvalue weighted by Crippen LogP contribution is 2.57. The van der Waals surface area contributed by atoms with Crippen LogP contribution < -0.4 is 10.2 Å². The molecule has 3 fully saturated rings. The number of piperazine rings is 1. The monoisotopic (exact) mass is 475 g/mol. The van der Waals surface area contributed by atoms with Crippen LogP contribution in [0.1, 0.15) is 36.1 Å². The van der Waals surface area contributed by atoms with Crippen molar-refractivity contribution in [3.8, 4) is 0 Å². The number of nitrogens with one attached hydrogen (secondary N) is 1. The van der Waals surface area contributed by atoms with Gasteiger partial charge in [0.25, 0.3) is 0 Å². The summed E-state index contributed by atoms with van der Waals surface area (Å²) in [6.45, 7) is 6.55. The fraction of sp³-hybridized carbons (Fsp3) is 0.407. The number of amides is 3. The second-order valence-electron chi connectivity index (χ2n) is 9.56. The lowest BCUT2D eigenvalue weighted by Crippen LogP contribution is -2.67. The fourth-order valence-corrected chi connectivity index (χ4v) is 6.01. The summed E-state index contributed by atoms with van der Waals surface area (Å²) in [6.07, 6.45) is -0.295. The van der Waals surface area contributed by atoms with Crippen LogP contribution in [0.3, 0.4) is 0 Å². The Hall–Kier alpha value is -3.52. The first-order valence-corrected chi connectivity index (χ1v) is 12.0. The average Bonchev–Trinajstić information content (AvgIpc) is 3.26. The standard InChI is InChI=1S/C27H29N3O5/c1-4-35-20(31)15-27-22-21(24(32)30(25(22)33)19-11-7-17(3)8-12-19)23(18-9-5-16(2)6-10-18)29(27)14-13-28-26(27)34/h5-12,21-23H,4,13-15H2,1-3H3,(H,28,34)/t21-,22-,23+,27-/m0/s1. The van der Waals surface area contributed by atoms with Gasteiger partial charge in [0, 0.05) is 19.1 Å². The van der Waals surface area contributed by atoms with Crippen molar-refractivity contribution in [1.29, 1.82) is 0 Å². The lowest BCUT2D eigenvalue weighted by atomic mass is 9.76. The molecule has 182 valence electrons. The van der Waals surface area contributed by atoms with Crippen LogP contribution in [-0.4, -0.2) is 53.8 Å². The predicted molar refractivity (Wildman–Crippen MR) is 128 cm³/mol. The molecule has 3 aliphatic rings. The number of carbonyl (C=O) groups is 4. The van der Waals surface area contributed by atoms with Gasteiger partial charge in [0.05, 0.1) is 30.6 Å². The molecule has 0 aromatic heterocycles. The maximum absolute atomic E-state index is 14.0. The Balaban J connectivity index is 1.69. The first kappa shape index (κ1) is 23.2. The highest BCUT2D eigenvalue weighted by molar-refractivity contribution is 6.24. The molecule has 0 radical (unpaired) electrons. The van der Waals surface area contributed by atoms with E-state index in [1.807, 2.05) is 55.1 Å². The van der Waals surface area contributed by atoms with Gasteiger partial charge >= 0.3 is 5.97 Å². The Bertz CT molecular complexity index is 1190. The van der Waals surface area contributed by atoms with E-state index < -0.39 is 41.2 Å². The Morgan fingerprint density at radius 2 is 1.63 bits per heavy atom. The van der Waals surface area contributed by atoms with Gasteiger partial charge in [-0.25, -0.2) is 4.90 Å². The zero-order valence-electron chi connectivity index (χ0n) is 20.1. The Kier molecular flexibility index (Phi) is 5.71. The number of rotatable bonds is 5. The van der Waals surface area contributed by atoms with Gasteiger partial charge in [0.15, 0.2) is 0 Å². The van der Waals surface area contributed by atoms with E-state index >= 15 is 0 Å². The van der Waals surface area contributed by atoms with Crippen LogP contribution in [-0.2, 0) is 23.9 Å². The molecule has 0 saturated carbocycles. The van der Waals surface area contributed by atoms with Gasteiger partial charge in [-0.3, -0.25) is 24.1 Å². The molecule has 3 heterocycles. The van der Waals surface area contributed by atoms with Crippen molar-refractivity contribution in [1.82, 2.24) is 10.2 Å². The summed E-state index contributed by atoms with van der Waals surface area (Å²) in [5.41, 5.74) is 1.88. The highest BCUT2D eigenvalue weighted by atomic mass is 16.5. The third-order valence-electron chi connectivity index (χ3n) is 7.52. The molecule has 35 heavy (non-hydrogen) atoms. The summed E-state index contributed by atoms with van der Waals surface area (Å²) >= 11 is 0. The lowest BCUT2D eigenvalue weighted by Gasteiger charge is -2.45. The molecule has 0 bridgehead atoms. The third kappa shape index (κ3) is 3.46. The van der Waals surface area contributed by atoms with Crippen LogP contribution >= 0.6 is 0 Å². The lowest BCUT2D eigenvalue weighted by molar-refractivity contribution is -0.156. The van der Waals surface area contributed by atoms with Crippen molar-refractivity contribution in [3.63, 3.8) is 0 Å². The minimum atomic E-state index is -1.50. The summed E-state index contributed by atoms with van der Waals surface area (Å²) in [6, 6.07) is 14.4. The topological polar surface area (TPSA) is 96.0 Å². The van der Waals surface area contributed by atoms with E-state index in [2.05, 4.69) is 5.32 Å². The van der Waals surface area contributed by atoms with Crippen LogP contribution in [0.25, 0.3) is 0 Å². The zero-order chi connectivity index (χ0) is 24.9. The van der Waals surface area contributed by atoms with Crippen molar-refractivity contribution in [2.24, 2.45) is 11.8 Å². The number of hydrogen-bond acceptors (Lipinski definition) is 6. The van der Waals surface area contributed by atoms with Gasteiger partial charge in [0.2, 0.25) is 17.7 Å². The predicted octanol–water partition coefficient (Wildman–Crippen LogP) is 2.29. The minimum absolute atomic E-state index is 0.161. The number of carbonyl (C=O) groups excluding carboxylic acids is 4. The number of ether oxygens (including phenoxy) is 1. The number of hydrogen-bond donors (Lipinski definition) is 1. The number of imide groups is 1. The average molecular weight is 476 g/mol. The first-order chi connectivity index (χ1) is 16.8. The number of fused-ring (bicyclic) bond motifs is 3. The van der Waals surface area contributed by atoms with Gasteiger partial charge in [-0.05, 0) is 38.5 Å². The van der Waals surface area contributed by atoms with E-state index in [0.29, 0.717) is 18.8 Å². The first-order valence-electron chi connectivity index (χ1n) is 12.0. The smallest absolute Gasteiger partial charge is 0.308 e. The normalized spacial score (nSPS) is 28.0. The van der Waals surface area contributed by atoms with Gasteiger partial charge in [-0.2, -0.15) is 0 Å². The van der Waals surface area contributed by atoms with E-state index in [1.165, 1.54) is 4.90 Å². The van der Waals surface area contributed by atoms with Crippen LogP contribution in [0.4, 0.5) is 5.69 Å². The molecule has 8 heteroatoms. The van der Waals surface area contributed by atoms with Gasteiger partial charge < -0.3 is 10.1 Å². The Labute approximate surface area is 204 Å². The van der Waals surface area contributed by atoms with E-state index in [1.54, 1.807) is 19.1 Å². The van der Waals surface area contributed by atoms with Crippen molar-refractivity contribution < 1.29 is 23.9 Å². The van der Waals surface area contributed by atoms with E-state index in [9.17, 15) is 19.2 Å². The van der Waals surface area contributed by atoms with Crippen molar-refractivity contribution >= 4 is 29.4 Å². The van der Waals surface area contributed by atoms with Crippen molar-refractivity contribution in [2.45, 2.75) is 38.8 Å². The number of anilines is 1. The molecule has 2 aromatic carbocycles. The summed E-state index contributed by atoms with van der Waals surface area (Å²) in [7, 11) is 0. The largest absolute Gasteiger partial charge is 0.466 e. The summed E-state index contributed by atoms with van der Waals surface area (Å²) in [5.74, 6) is -3.58. The Morgan fingerprint density at radius 1 is 1.00 bits per heavy atom. The van der Waals surface area contributed by atoms with Crippen molar-refractivity contribution in [2.75, 3.05) is 24.6 Å². The van der Waals surface area contributed by atoms with Gasteiger partial charge in [-0.15, -0.1) is 0 Å². The molecule has 3 aliphatic heterocycles. The molecular formula is C27H29N3O5. The molecule has 2 aromatic rings. The number of esters is 1. The van der Waals surface area contributed by atoms with Crippen LogP contribution in [0.2, 0.25) is 0 Å². The van der Waals surface area contributed by atoms with Crippen molar-refractivity contribution in [3.05, 3.63) is 65.2 Å². The highest BCUT2D eigenvalue weighted by Gasteiger charge is 2.73. The molecular weight excluding hydrogens is 446 g/mol. The molecule has 8 nitrogen and oxygen atoms in total. The second kappa shape index (κ2) is 8.61. The molecule has 4 atom stereocenters. The van der Waals surface area contributed by atoms with Crippen LogP contribution in [0.5, 0.6) is 0 Å². The number of aryl methyl sites for hydroxylation is 2. The maximum Gasteiger partial charge on any atom is 0.308 e. The van der Waals surface area contributed by atoms with Gasteiger partial charge in [-0.1, -0.05) is 47.5 Å². The zero-order valence-corrected chi connectivity index (χ0v) is 20.1. The number of nitrogens with zero attached hydrogens (tertiary/aromatic N) is 2. The fourth-order valence-electron chi connectivity index (χ4n) is 6.01. The second-order valence-corrected chi connectivity index (χ2v) is 9.56. The molecule has 1 N–H and O–H groups in total. The SMILES string of the molecule is CCOC(=O)C[C@]12C(=O)NCCN1[C@H](c1ccc(C)cc1)[C@H]1C(=O)N(c3ccc(C)cc3)C(=O)[C@H]12. The molecule has 3 saturated heterocycles. The van der Waals surface area contributed by atoms with E-state index in [0.717, 1.165) is 16.7 Å². The minimum Gasteiger partial charge on any atom is -0.466 e. The summed E-state index contributed by atoms with van der Waals surface area (Å²) in [4.78, 5) is 57.5. The molecule has 0 spiro atoms. The van der Waals surface area contributed by atoms with E-state index in [-0.39, 0.29) is 18.9 Å². The van der Waals surface area contributed by atoms with Crippen LogP contribution in [0, 0.1) is 25.7 Å². The van der Waals surface area contributed by atoms with Crippen LogP contribution in [0.15, 0.2) is 48.5 Å². The maximum atomic E-state index is 14.0. The molecule has 5 rings (SSSR count).